The van der Waals surface area contributed by atoms with Gasteiger partial charge in [0.1, 0.15) is 5.54 Å². The molecule has 30 heavy (non-hydrogen) atoms. The molecule has 9 heteroatoms. The van der Waals surface area contributed by atoms with Gasteiger partial charge in [-0.15, -0.1) is 0 Å². The molecule has 1 atom stereocenters. The fourth-order valence-corrected chi connectivity index (χ4v) is 5.23. The molecule has 1 aliphatic rings. The van der Waals surface area contributed by atoms with E-state index in [4.69, 9.17) is 5.73 Å². The highest BCUT2D eigenvalue weighted by molar-refractivity contribution is 7.89. The van der Waals surface area contributed by atoms with Gasteiger partial charge in [0.05, 0.1) is 5.75 Å². The van der Waals surface area contributed by atoms with Gasteiger partial charge >= 0.3 is 0 Å². The summed E-state index contributed by atoms with van der Waals surface area (Å²) in [6, 6.07) is 9.35. The maximum absolute atomic E-state index is 12.7. The van der Waals surface area contributed by atoms with E-state index in [1.54, 1.807) is 0 Å². The Labute approximate surface area is 179 Å². The first-order chi connectivity index (χ1) is 14.0. The van der Waals surface area contributed by atoms with Crippen LogP contribution in [-0.2, 0) is 26.0 Å². The SMILES string of the molecule is CC(C)C[C@@](Cc1ccccc1)(NC(=O)CCS(=O)(=O)N1CCN(C)CC1)C(N)=O. The Hall–Kier alpha value is -1.97. The zero-order valence-corrected chi connectivity index (χ0v) is 19.0. The standard InChI is InChI=1S/C21H34N4O4S/c1-17(2)15-21(20(22)27,16-18-7-5-4-6-8-18)23-19(26)9-14-30(28,29)25-12-10-24(3)11-13-25/h4-8,17H,9-16H2,1-3H3,(H2,22,27)(H,23,26)/t21-/m0/s1. The average Bonchev–Trinajstić information content (AvgIpc) is 2.67. The van der Waals surface area contributed by atoms with Crippen LogP contribution in [0.3, 0.4) is 0 Å². The van der Waals surface area contributed by atoms with E-state index in [9.17, 15) is 18.0 Å². The maximum atomic E-state index is 12.7. The fraction of sp³-hybridized carbons (Fsp3) is 0.619. The van der Waals surface area contributed by atoms with Crippen molar-refractivity contribution in [3.63, 3.8) is 0 Å². The second kappa shape index (κ2) is 10.4. The Bertz CT molecular complexity index is 821. The smallest absolute Gasteiger partial charge is 0.243 e. The van der Waals surface area contributed by atoms with Crippen LogP contribution in [0, 0.1) is 5.92 Å². The highest BCUT2D eigenvalue weighted by Crippen LogP contribution is 2.23. The molecular formula is C21H34N4O4S. The van der Waals surface area contributed by atoms with E-state index < -0.39 is 27.4 Å². The maximum Gasteiger partial charge on any atom is 0.243 e. The van der Waals surface area contributed by atoms with Gasteiger partial charge in [-0.2, -0.15) is 4.31 Å². The van der Waals surface area contributed by atoms with Crippen LogP contribution < -0.4 is 11.1 Å². The summed E-state index contributed by atoms with van der Waals surface area (Å²) >= 11 is 0. The molecule has 0 aliphatic carbocycles. The quantitative estimate of drug-likeness (QED) is 0.555. The van der Waals surface area contributed by atoms with Crippen molar-refractivity contribution in [3.05, 3.63) is 35.9 Å². The third-order valence-electron chi connectivity index (χ3n) is 5.40. The van der Waals surface area contributed by atoms with Crippen LogP contribution in [0.25, 0.3) is 0 Å². The van der Waals surface area contributed by atoms with E-state index in [-0.39, 0.29) is 24.5 Å². The number of hydrogen-bond donors (Lipinski definition) is 2. The Morgan fingerprint density at radius 3 is 2.27 bits per heavy atom. The Morgan fingerprint density at radius 1 is 1.13 bits per heavy atom. The number of benzene rings is 1. The van der Waals surface area contributed by atoms with Gasteiger partial charge in [0.25, 0.3) is 0 Å². The van der Waals surface area contributed by atoms with E-state index in [0.717, 1.165) is 5.56 Å². The second-order valence-electron chi connectivity index (χ2n) is 8.52. The Balaban J connectivity index is 2.08. The molecule has 8 nitrogen and oxygen atoms in total. The largest absolute Gasteiger partial charge is 0.368 e. The Morgan fingerprint density at radius 2 is 1.73 bits per heavy atom. The first-order valence-electron chi connectivity index (χ1n) is 10.4. The van der Waals surface area contributed by atoms with Gasteiger partial charge in [0.15, 0.2) is 0 Å². The average molecular weight is 439 g/mol. The minimum Gasteiger partial charge on any atom is -0.368 e. The zero-order valence-electron chi connectivity index (χ0n) is 18.1. The van der Waals surface area contributed by atoms with Crippen LogP contribution >= 0.6 is 0 Å². The van der Waals surface area contributed by atoms with E-state index in [0.29, 0.717) is 32.6 Å². The van der Waals surface area contributed by atoms with Crippen molar-refractivity contribution in [1.82, 2.24) is 14.5 Å². The minimum atomic E-state index is -3.53. The molecule has 1 fully saturated rings. The molecule has 1 aromatic rings. The molecule has 168 valence electrons. The highest BCUT2D eigenvalue weighted by Gasteiger charge is 2.39. The molecule has 1 aromatic carbocycles. The third-order valence-corrected chi connectivity index (χ3v) is 7.27. The predicted molar refractivity (Wildman–Crippen MR) is 117 cm³/mol. The van der Waals surface area contributed by atoms with Gasteiger partial charge in [-0.05, 0) is 24.9 Å². The summed E-state index contributed by atoms with van der Waals surface area (Å²) in [5, 5.41) is 2.79. The summed E-state index contributed by atoms with van der Waals surface area (Å²) in [5.41, 5.74) is 5.36. The van der Waals surface area contributed by atoms with Crippen molar-refractivity contribution in [1.29, 1.82) is 0 Å². The summed E-state index contributed by atoms with van der Waals surface area (Å²) in [5.74, 6) is -1.28. The van der Waals surface area contributed by atoms with Crippen LogP contribution in [0.4, 0.5) is 0 Å². The number of amides is 2. The minimum absolute atomic E-state index is 0.107. The fourth-order valence-electron chi connectivity index (χ4n) is 3.80. The topological polar surface area (TPSA) is 113 Å². The van der Waals surface area contributed by atoms with E-state index >= 15 is 0 Å². The van der Waals surface area contributed by atoms with Gasteiger partial charge in [-0.25, -0.2) is 8.42 Å². The van der Waals surface area contributed by atoms with Gasteiger partial charge < -0.3 is 16.0 Å². The summed E-state index contributed by atoms with van der Waals surface area (Å²) < 4.78 is 26.6. The summed E-state index contributed by atoms with van der Waals surface area (Å²) in [6.45, 7) is 6.09. The van der Waals surface area contributed by atoms with Crippen molar-refractivity contribution in [2.24, 2.45) is 11.7 Å². The van der Waals surface area contributed by atoms with E-state index in [2.05, 4.69) is 10.2 Å². The number of primary amides is 1. The molecule has 2 amide bonds. The lowest BCUT2D eigenvalue weighted by molar-refractivity contribution is -0.132. The number of carbonyl (C=O) groups is 2. The van der Waals surface area contributed by atoms with E-state index in [1.807, 2.05) is 51.2 Å². The lowest BCUT2D eigenvalue weighted by atomic mass is 9.82. The number of nitrogens with zero attached hydrogens (tertiary/aromatic N) is 2. The van der Waals surface area contributed by atoms with Crippen LogP contribution in [0.15, 0.2) is 30.3 Å². The number of likely N-dealkylation sites (N-methyl/N-ethyl adjacent to an activating group) is 1. The normalized spacial score (nSPS) is 18.1. The molecule has 2 rings (SSSR count). The summed E-state index contributed by atoms with van der Waals surface area (Å²) in [7, 11) is -1.58. The molecule has 1 heterocycles. The zero-order chi connectivity index (χ0) is 22.4. The van der Waals surface area contributed by atoms with Crippen molar-refractivity contribution < 1.29 is 18.0 Å². The lowest BCUT2D eigenvalue weighted by Gasteiger charge is -2.34. The van der Waals surface area contributed by atoms with Gasteiger partial charge in [-0.3, -0.25) is 9.59 Å². The molecule has 0 bridgehead atoms. The molecule has 0 unspecified atom stereocenters. The molecule has 0 aromatic heterocycles. The monoisotopic (exact) mass is 438 g/mol. The van der Waals surface area contributed by atoms with Crippen molar-refractivity contribution in [3.8, 4) is 0 Å². The number of carbonyl (C=O) groups excluding carboxylic acids is 2. The molecule has 1 aliphatic heterocycles. The van der Waals surface area contributed by atoms with Gasteiger partial charge in [0.2, 0.25) is 21.8 Å². The van der Waals surface area contributed by atoms with Crippen LogP contribution in [0.2, 0.25) is 0 Å². The third kappa shape index (κ3) is 6.78. The number of nitrogens with two attached hydrogens (primary N) is 1. The summed E-state index contributed by atoms with van der Waals surface area (Å²) in [4.78, 5) is 27.2. The lowest BCUT2D eigenvalue weighted by Crippen LogP contribution is -2.60. The number of nitrogens with one attached hydrogen (secondary N) is 1. The molecule has 0 radical (unpaired) electrons. The van der Waals surface area contributed by atoms with Gasteiger partial charge in [-0.1, -0.05) is 44.2 Å². The molecule has 0 saturated carbocycles. The van der Waals surface area contributed by atoms with Crippen molar-refractivity contribution in [2.45, 2.75) is 38.6 Å². The van der Waals surface area contributed by atoms with E-state index in [1.165, 1.54) is 4.31 Å². The molecule has 0 spiro atoms. The first-order valence-corrected chi connectivity index (χ1v) is 12.0. The number of piperazine rings is 1. The second-order valence-corrected chi connectivity index (χ2v) is 10.6. The van der Waals surface area contributed by atoms with Crippen LogP contribution in [0.5, 0.6) is 0 Å². The number of hydrogen-bond acceptors (Lipinski definition) is 5. The number of sulfonamides is 1. The first kappa shape index (κ1) is 24.3. The summed E-state index contributed by atoms with van der Waals surface area (Å²) in [6.07, 6.45) is 0.420. The van der Waals surface area contributed by atoms with Crippen molar-refractivity contribution >= 4 is 21.8 Å². The van der Waals surface area contributed by atoms with Gasteiger partial charge in [0, 0.05) is 39.0 Å². The molecule has 3 N–H and O–H groups in total. The molecule has 1 saturated heterocycles. The Kier molecular flexibility index (Phi) is 8.40. The predicted octanol–water partition coefficient (Wildman–Crippen LogP) is 0.583. The molecular weight excluding hydrogens is 404 g/mol. The highest BCUT2D eigenvalue weighted by atomic mass is 32.2. The van der Waals surface area contributed by atoms with Crippen LogP contribution in [-0.4, -0.2) is 74.0 Å². The van der Waals surface area contributed by atoms with Crippen molar-refractivity contribution in [2.75, 3.05) is 39.0 Å². The van der Waals surface area contributed by atoms with Crippen LogP contribution in [0.1, 0.15) is 32.3 Å². The number of rotatable bonds is 10.